The van der Waals surface area contributed by atoms with Crippen LogP contribution in [0.1, 0.15) is 65.6 Å². The van der Waals surface area contributed by atoms with Crippen molar-refractivity contribution in [2.75, 3.05) is 60.7 Å². The molecule has 370 valence electrons. The van der Waals surface area contributed by atoms with Crippen molar-refractivity contribution in [1.29, 1.82) is 0 Å². The zero-order valence-electron chi connectivity index (χ0n) is 38.7. The van der Waals surface area contributed by atoms with E-state index in [9.17, 15) is 44.8 Å². The second kappa shape index (κ2) is 32.6. The van der Waals surface area contributed by atoms with Crippen LogP contribution in [0.25, 0.3) is 0 Å². The number of alkyl halides is 2. The normalized spacial score (nSPS) is 19.8. The number of sulfonamides is 2. The van der Waals surface area contributed by atoms with Gasteiger partial charge in [0.1, 0.15) is 35.4 Å². The average Bonchev–Trinajstić information content (AvgIpc) is 4.24. The summed E-state index contributed by atoms with van der Waals surface area (Å²) in [5, 5.41) is 17.4. The number of carbonyl (C=O) groups is 5. The molecule has 3 saturated heterocycles. The second-order valence-corrected chi connectivity index (χ2v) is 21.2. The third kappa shape index (κ3) is 22.3. The number of anilines is 2. The van der Waals surface area contributed by atoms with Gasteiger partial charge in [0.2, 0.25) is 43.7 Å². The Hall–Kier alpha value is -0.557. The SMILES string of the molecule is BrCCBr.O=C(CNS(=O)(=O)C1CC1)N[C@@H](CC1CCCO1)C(=O)Nc1ccc(F)cn1.O=C(Nc1ccc(F)cn1)[C@H](CC1CCCO1)N1CCN(S(=O)(=O)C2CC2)CC1=O.O=CO[O-].[H-].[K+].[K+]. The van der Waals surface area contributed by atoms with Gasteiger partial charge in [0.25, 0.3) is 6.47 Å². The van der Waals surface area contributed by atoms with Gasteiger partial charge >= 0.3 is 103 Å². The molecule has 21 nitrogen and oxygen atoms in total. The van der Waals surface area contributed by atoms with Crippen LogP contribution in [-0.2, 0) is 58.4 Å². The topological polar surface area (TPSA) is 285 Å². The Bertz CT molecular complexity index is 2140. The van der Waals surface area contributed by atoms with Gasteiger partial charge < -0.3 is 41.9 Å². The van der Waals surface area contributed by atoms with Crippen LogP contribution < -0.4 is 129 Å². The molecule has 5 heterocycles. The molecule has 7 rings (SSSR count). The minimum atomic E-state index is -3.49. The molecule has 0 spiro atoms. The van der Waals surface area contributed by atoms with Crippen molar-refractivity contribution in [3.8, 4) is 0 Å². The maximum Gasteiger partial charge on any atom is 1.00 e. The molecule has 5 fully saturated rings. The van der Waals surface area contributed by atoms with E-state index in [2.05, 4.69) is 67.4 Å². The van der Waals surface area contributed by atoms with Gasteiger partial charge in [0, 0.05) is 49.8 Å². The number of pyridine rings is 2. The predicted molar refractivity (Wildman–Crippen MR) is 240 cm³/mol. The van der Waals surface area contributed by atoms with Crippen molar-refractivity contribution in [2.45, 2.75) is 99.0 Å². The molecule has 4 atom stereocenters. The maximum atomic E-state index is 13.1. The van der Waals surface area contributed by atoms with Crippen LogP contribution in [0.15, 0.2) is 36.7 Å². The number of hydrogen-bond donors (Lipinski definition) is 4. The van der Waals surface area contributed by atoms with Gasteiger partial charge in [-0.3, -0.25) is 24.0 Å². The number of aromatic nitrogens is 2. The second-order valence-electron chi connectivity index (χ2n) is 15.4. The first-order valence-corrected chi connectivity index (χ1v) is 26.3. The zero-order chi connectivity index (χ0) is 48.3. The molecular formula is C39H54Br2F2K2N8O13S2. The van der Waals surface area contributed by atoms with Crippen molar-refractivity contribution >= 4 is 93.6 Å². The molecule has 2 aromatic heterocycles. The first-order valence-electron chi connectivity index (χ1n) is 21.0. The average molecular weight is 1180 g/mol. The van der Waals surface area contributed by atoms with Gasteiger partial charge in [-0.2, -0.15) is 4.31 Å². The molecule has 0 aromatic carbocycles. The van der Waals surface area contributed by atoms with Crippen LogP contribution in [-0.4, -0.2) is 151 Å². The summed E-state index contributed by atoms with van der Waals surface area (Å²) in [5.41, 5.74) is 0. The summed E-state index contributed by atoms with van der Waals surface area (Å²) >= 11 is 6.40. The van der Waals surface area contributed by atoms with Crippen LogP contribution in [0.3, 0.4) is 0 Å². The van der Waals surface area contributed by atoms with Crippen LogP contribution in [0, 0.1) is 11.6 Å². The van der Waals surface area contributed by atoms with E-state index < -0.39 is 79.2 Å². The number of amides is 4. The van der Waals surface area contributed by atoms with Crippen molar-refractivity contribution < 1.29 is 173 Å². The Balaban J connectivity index is 0.000000576. The Morgan fingerprint density at radius 2 is 1.35 bits per heavy atom. The molecule has 68 heavy (non-hydrogen) atoms. The van der Waals surface area contributed by atoms with E-state index in [1.54, 1.807) is 0 Å². The van der Waals surface area contributed by atoms with Gasteiger partial charge in [-0.15, -0.1) is 0 Å². The van der Waals surface area contributed by atoms with E-state index in [1.807, 2.05) is 0 Å². The summed E-state index contributed by atoms with van der Waals surface area (Å²) in [7, 11) is -6.95. The number of ether oxygens (including phenoxy) is 2. The van der Waals surface area contributed by atoms with E-state index >= 15 is 0 Å². The van der Waals surface area contributed by atoms with Crippen LogP contribution >= 0.6 is 31.9 Å². The van der Waals surface area contributed by atoms with Gasteiger partial charge in [-0.1, -0.05) is 31.9 Å². The molecule has 3 aliphatic heterocycles. The summed E-state index contributed by atoms with van der Waals surface area (Å²) in [6, 6.07) is 3.24. The molecule has 2 saturated carbocycles. The van der Waals surface area contributed by atoms with Gasteiger partial charge in [-0.25, -0.2) is 40.3 Å². The Labute approximate surface area is 497 Å². The largest absolute Gasteiger partial charge is 1.00 e. The third-order valence-corrected chi connectivity index (χ3v) is 16.5. The monoisotopic (exact) mass is 1180 g/mol. The van der Waals surface area contributed by atoms with Gasteiger partial charge in [-0.05, 0) is 75.6 Å². The van der Waals surface area contributed by atoms with Crippen molar-refractivity contribution in [3.63, 3.8) is 0 Å². The Morgan fingerprint density at radius 3 is 1.78 bits per heavy atom. The molecule has 2 aromatic rings. The van der Waals surface area contributed by atoms with E-state index in [4.69, 9.17) is 19.5 Å². The fourth-order valence-corrected chi connectivity index (χ4v) is 9.90. The number of rotatable bonds is 18. The van der Waals surface area contributed by atoms with E-state index in [0.717, 1.165) is 54.8 Å². The minimum Gasteiger partial charge on any atom is -1.00 e. The standard InChI is InChI=1S/C19H25FN4O5S.C17H23FN4O5S.C2H4Br2.CH2O3.2K.H/c20-13-3-6-17(21-11-13)22-19(26)16(10-14-2-1-9-29-14)24-8-7-23(12-18(24)25)30(27,28)15-4-5-15;18-11-3-6-15(19-9-11)22-17(24)14(8-12-2-1-7-27-12)21-16(23)10-20-28(25,26)13-4-5-13;3-1-2-4;2-1-4-3;;;/h3,6,11,14-16H,1-2,4-5,7-10,12H2,(H,21,22,26);3,6,9,12-14,20H,1-2,4-5,7-8,10H2,(H,21,23)(H,19,22,24);1-2H2;1,3H;;;/q;;;;2*+1;-1/p-1/t14?,16-;12?,14-;;;;;/m00...../s1. The predicted octanol–water partition coefficient (Wildman–Crippen LogP) is -4.64. The Morgan fingerprint density at radius 1 is 0.838 bits per heavy atom. The Kier molecular flexibility index (Phi) is 30.5. The molecule has 2 aliphatic carbocycles. The molecule has 5 aliphatic rings. The van der Waals surface area contributed by atoms with Crippen molar-refractivity contribution in [1.82, 2.24) is 29.2 Å². The fraction of sp³-hybridized carbons (Fsp3) is 0.615. The molecule has 4 N–H and O–H groups in total. The molecular weight excluding hydrogens is 1130 g/mol. The summed E-state index contributed by atoms with van der Waals surface area (Å²) in [6.07, 6.45) is 7.95. The number of nitrogens with zero attached hydrogens (tertiary/aromatic N) is 4. The van der Waals surface area contributed by atoms with Crippen LogP contribution in [0.5, 0.6) is 0 Å². The maximum absolute atomic E-state index is 13.1. The number of halogens is 4. The zero-order valence-corrected chi connectivity index (χ0v) is 48.7. The molecule has 4 amide bonds. The molecule has 0 bridgehead atoms. The van der Waals surface area contributed by atoms with Gasteiger partial charge in [0.15, 0.2) is 0 Å². The van der Waals surface area contributed by atoms with Crippen LogP contribution in [0.4, 0.5) is 20.4 Å². The summed E-state index contributed by atoms with van der Waals surface area (Å²) < 4.78 is 89.3. The number of piperazine rings is 1. The number of nitrogens with one attached hydrogen (secondary N) is 4. The van der Waals surface area contributed by atoms with E-state index in [1.165, 1.54) is 27.4 Å². The van der Waals surface area contributed by atoms with Crippen molar-refractivity contribution in [2.24, 2.45) is 0 Å². The summed E-state index contributed by atoms with van der Waals surface area (Å²) in [4.78, 5) is 70.9. The quantitative estimate of drug-likeness (QED) is 0.0359. The fourth-order valence-electron chi connectivity index (χ4n) is 6.80. The van der Waals surface area contributed by atoms with Gasteiger partial charge in [0.05, 0.1) is 48.2 Å². The van der Waals surface area contributed by atoms with E-state index in [0.29, 0.717) is 45.3 Å². The van der Waals surface area contributed by atoms with E-state index in [-0.39, 0.29) is 166 Å². The minimum absolute atomic E-state index is 0. The smallest absolute Gasteiger partial charge is 1.00 e. The summed E-state index contributed by atoms with van der Waals surface area (Å²) in [6.45, 7) is 0.612. The third-order valence-electron chi connectivity index (χ3n) is 10.4. The van der Waals surface area contributed by atoms with Crippen molar-refractivity contribution in [3.05, 3.63) is 48.3 Å². The molecule has 0 radical (unpaired) electrons. The first kappa shape index (κ1) is 63.6. The molecule has 2 unspecified atom stereocenters. The summed E-state index contributed by atoms with van der Waals surface area (Å²) in [5.74, 6) is -2.74. The number of hydrogen-bond acceptors (Lipinski definition) is 15. The number of carbonyl (C=O) groups excluding carboxylic acids is 5. The van der Waals surface area contributed by atoms with Crippen LogP contribution in [0.2, 0.25) is 0 Å². The first-order chi connectivity index (χ1) is 31.5. The molecule has 29 heteroatoms.